The van der Waals surface area contributed by atoms with Crippen molar-refractivity contribution in [2.24, 2.45) is 0 Å². The van der Waals surface area contributed by atoms with Crippen molar-refractivity contribution in [1.29, 1.82) is 0 Å². The Bertz CT molecular complexity index is 321. The zero-order valence-electron chi connectivity index (χ0n) is 10.7. The van der Waals surface area contributed by atoms with Crippen molar-refractivity contribution in [1.82, 2.24) is 0 Å². The number of rotatable bonds is 2. The first kappa shape index (κ1) is 14.5. The van der Waals surface area contributed by atoms with Gasteiger partial charge in [0, 0.05) is 5.69 Å². The maximum absolute atomic E-state index is 10.9. The summed E-state index contributed by atoms with van der Waals surface area (Å²) in [5.74, 6) is 0.453. The van der Waals surface area contributed by atoms with E-state index in [1.807, 2.05) is 38.1 Å². The van der Waals surface area contributed by atoms with Crippen molar-refractivity contribution in [3.8, 4) is 0 Å². The smallest absolute Gasteiger partial charge is 0.411 e. The molecule has 1 N–H and O–H groups in total. The highest BCUT2D eigenvalue weighted by molar-refractivity contribution is 5.84. The van der Waals surface area contributed by atoms with Gasteiger partial charge in [-0.3, -0.25) is 5.32 Å². The summed E-state index contributed by atoms with van der Waals surface area (Å²) >= 11 is 0. The van der Waals surface area contributed by atoms with Gasteiger partial charge in [-0.15, -0.1) is 0 Å². The van der Waals surface area contributed by atoms with Crippen LogP contribution in [0.1, 0.15) is 39.2 Å². The number of amides is 1. The second-order valence-corrected chi connectivity index (χ2v) is 3.40. The van der Waals surface area contributed by atoms with Gasteiger partial charge in [0.1, 0.15) is 0 Å². The molecule has 0 aromatic heterocycles. The van der Waals surface area contributed by atoms with E-state index in [-0.39, 0.29) is 0 Å². The predicted molar refractivity (Wildman–Crippen MR) is 67.9 cm³/mol. The Hall–Kier alpha value is -1.51. The lowest BCUT2D eigenvalue weighted by Crippen LogP contribution is -2.10. The number of ether oxygens (including phenoxy) is 1. The van der Waals surface area contributed by atoms with Crippen molar-refractivity contribution >= 4 is 11.8 Å². The van der Waals surface area contributed by atoms with E-state index in [0.29, 0.717) is 5.92 Å². The van der Waals surface area contributed by atoms with Crippen LogP contribution in [-0.2, 0) is 4.74 Å². The number of carbonyl (C=O) groups is 1. The van der Waals surface area contributed by atoms with E-state index < -0.39 is 6.09 Å². The van der Waals surface area contributed by atoms with Gasteiger partial charge in [-0.05, 0) is 23.6 Å². The molecular weight excluding hydrogens is 202 g/mol. The van der Waals surface area contributed by atoms with E-state index >= 15 is 0 Å². The number of carbonyl (C=O) groups excluding carboxylic acids is 1. The third-order valence-corrected chi connectivity index (χ3v) is 1.99. The fraction of sp³-hybridized carbons (Fsp3) is 0.462. The van der Waals surface area contributed by atoms with Crippen molar-refractivity contribution in [3.63, 3.8) is 0 Å². The number of hydrogen-bond acceptors (Lipinski definition) is 2. The highest BCUT2D eigenvalue weighted by atomic mass is 16.5. The Morgan fingerprint density at radius 1 is 1.31 bits per heavy atom. The van der Waals surface area contributed by atoms with Gasteiger partial charge < -0.3 is 4.74 Å². The van der Waals surface area contributed by atoms with Gasteiger partial charge in [-0.1, -0.05) is 39.8 Å². The standard InChI is InChI=1S/C11H15NO2.C2H6/c1-8(2)9-5-4-6-10(7-9)12-11(13)14-3;1-2/h4-8H,1-3H3,(H,12,13);1-2H3. The van der Waals surface area contributed by atoms with Crippen LogP contribution in [0.15, 0.2) is 24.3 Å². The van der Waals surface area contributed by atoms with Crippen molar-refractivity contribution in [3.05, 3.63) is 29.8 Å². The zero-order chi connectivity index (χ0) is 12.6. The van der Waals surface area contributed by atoms with Crippen LogP contribution >= 0.6 is 0 Å². The fourth-order valence-electron chi connectivity index (χ4n) is 1.14. The quantitative estimate of drug-likeness (QED) is 0.822. The van der Waals surface area contributed by atoms with Gasteiger partial charge in [0.25, 0.3) is 0 Å². The molecule has 0 unspecified atom stereocenters. The number of methoxy groups -OCH3 is 1. The largest absolute Gasteiger partial charge is 0.453 e. The highest BCUT2D eigenvalue weighted by Crippen LogP contribution is 2.18. The van der Waals surface area contributed by atoms with Crippen LogP contribution in [0.4, 0.5) is 10.5 Å². The minimum absolute atomic E-state index is 0.439. The van der Waals surface area contributed by atoms with Gasteiger partial charge in [-0.2, -0.15) is 0 Å². The molecule has 0 aliphatic rings. The topological polar surface area (TPSA) is 38.3 Å². The summed E-state index contributed by atoms with van der Waals surface area (Å²) in [5, 5.41) is 2.63. The molecule has 0 spiro atoms. The van der Waals surface area contributed by atoms with Crippen LogP contribution < -0.4 is 5.32 Å². The summed E-state index contributed by atoms with van der Waals surface area (Å²) in [5.41, 5.74) is 1.96. The monoisotopic (exact) mass is 223 g/mol. The van der Waals surface area contributed by atoms with Crippen LogP contribution in [-0.4, -0.2) is 13.2 Å². The molecule has 0 heterocycles. The van der Waals surface area contributed by atoms with Crippen LogP contribution in [0.5, 0.6) is 0 Å². The molecule has 90 valence electrons. The number of nitrogens with one attached hydrogen (secondary N) is 1. The summed E-state index contributed by atoms with van der Waals surface area (Å²) in [7, 11) is 1.35. The predicted octanol–water partition coefficient (Wildman–Crippen LogP) is 4.01. The molecule has 0 fully saturated rings. The molecular formula is C13H21NO2. The molecule has 1 rings (SSSR count). The third-order valence-electron chi connectivity index (χ3n) is 1.99. The van der Waals surface area contributed by atoms with E-state index in [1.54, 1.807) is 0 Å². The first-order valence-electron chi connectivity index (χ1n) is 5.58. The first-order valence-corrected chi connectivity index (χ1v) is 5.58. The number of benzene rings is 1. The SMILES string of the molecule is CC.COC(=O)Nc1cccc(C(C)C)c1. The van der Waals surface area contributed by atoms with E-state index in [1.165, 1.54) is 12.7 Å². The van der Waals surface area contributed by atoms with E-state index in [2.05, 4.69) is 23.9 Å². The lowest BCUT2D eigenvalue weighted by molar-refractivity contribution is 0.187. The Kier molecular flexibility index (Phi) is 7.01. The minimum atomic E-state index is -0.439. The van der Waals surface area contributed by atoms with E-state index in [9.17, 15) is 4.79 Å². The van der Waals surface area contributed by atoms with Crippen molar-refractivity contribution in [2.75, 3.05) is 12.4 Å². The Morgan fingerprint density at radius 3 is 2.44 bits per heavy atom. The molecule has 0 atom stereocenters. The van der Waals surface area contributed by atoms with Crippen LogP contribution in [0.3, 0.4) is 0 Å². The molecule has 3 nitrogen and oxygen atoms in total. The lowest BCUT2D eigenvalue weighted by atomic mass is 10.0. The maximum Gasteiger partial charge on any atom is 0.411 e. The van der Waals surface area contributed by atoms with Gasteiger partial charge in [0.2, 0.25) is 0 Å². The Morgan fingerprint density at radius 2 is 1.94 bits per heavy atom. The molecule has 0 aliphatic carbocycles. The van der Waals surface area contributed by atoms with E-state index in [4.69, 9.17) is 0 Å². The maximum atomic E-state index is 10.9. The van der Waals surface area contributed by atoms with Crippen molar-refractivity contribution in [2.45, 2.75) is 33.6 Å². The molecule has 0 aliphatic heterocycles. The summed E-state index contributed by atoms with van der Waals surface area (Å²) in [6.45, 7) is 8.22. The normalized spacial score (nSPS) is 9.12. The summed E-state index contributed by atoms with van der Waals surface area (Å²) in [6.07, 6.45) is -0.439. The number of hydrogen-bond donors (Lipinski definition) is 1. The first-order chi connectivity index (χ1) is 7.63. The van der Waals surface area contributed by atoms with Crippen molar-refractivity contribution < 1.29 is 9.53 Å². The summed E-state index contributed by atoms with van der Waals surface area (Å²) in [4.78, 5) is 10.9. The second-order valence-electron chi connectivity index (χ2n) is 3.40. The van der Waals surface area contributed by atoms with Crippen LogP contribution in [0.2, 0.25) is 0 Å². The van der Waals surface area contributed by atoms with Gasteiger partial charge in [0.15, 0.2) is 0 Å². The summed E-state index contributed by atoms with van der Waals surface area (Å²) in [6, 6.07) is 7.73. The molecule has 1 aromatic rings. The Balaban J connectivity index is 0.00000106. The fourth-order valence-corrected chi connectivity index (χ4v) is 1.14. The van der Waals surface area contributed by atoms with E-state index in [0.717, 1.165) is 5.69 Å². The second kappa shape index (κ2) is 7.74. The third kappa shape index (κ3) is 4.82. The molecule has 0 saturated heterocycles. The van der Waals surface area contributed by atoms with Crippen LogP contribution in [0.25, 0.3) is 0 Å². The highest BCUT2D eigenvalue weighted by Gasteiger charge is 2.03. The van der Waals surface area contributed by atoms with Gasteiger partial charge >= 0.3 is 6.09 Å². The van der Waals surface area contributed by atoms with Gasteiger partial charge in [0.05, 0.1) is 7.11 Å². The number of anilines is 1. The lowest BCUT2D eigenvalue weighted by Gasteiger charge is -2.08. The van der Waals surface area contributed by atoms with Gasteiger partial charge in [-0.25, -0.2) is 4.79 Å². The minimum Gasteiger partial charge on any atom is -0.453 e. The molecule has 0 radical (unpaired) electrons. The molecule has 16 heavy (non-hydrogen) atoms. The average molecular weight is 223 g/mol. The molecule has 1 aromatic carbocycles. The average Bonchev–Trinajstić information content (AvgIpc) is 2.32. The molecule has 0 bridgehead atoms. The summed E-state index contributed by atoms with van der Waals surface area (Å²) < 4.78 is 4.50. The Labute approximate surface area is 97.8 Å². The zero-order valence-corrected chi connectivity index (χ0v) is 10.7. The molecule has 0 saturated carbocycles. The molecule has 3 heteroatoms. The molecule has 1 amide bonds. The van der Waals surface area contributed by atoms with Crippen LogP contribution in [0, 0.1) is 0 Å².